The minimum absolute atomic E-state index is 0.0307. The molecule has 0 radical (unpaired) electrons. The van der Waals surface area contributed by atoms with Gasteiger partial charge in [0.15, 0.2) is 0 Å². The van der Waals surface area contributed by atoms with Crippen LogP contribution in [-0.4, -0.2) is 131 Å². The Labute approximate surface area is 293 Å². The van der Waals surface area contributed by atoms with Crippen LogP contribution in [0.2, 0.25) is 0 Å². The zero-order valence-corrected chi connectivity index (χ0v) is 27.8. The van der Waals surface area contributed by atoms with E-state index in [9.17, 15) is 52.7 Å². The molecule has 3 heterocycles. The summed E-state index contributed by atoms with van der Waals surface area (Å²) < 4.78 is 15.1. The second-order valence-electron chi connectivity index (χ2n) is 8.71. The molecule has 0 saturated heterocycles. The summed E-state index contributed by atoms with van der Waals surface area (Å²) in [4.78, 5) is 123. The molecule has 0 aromatic rings. The predicted octanol–water partition coefficient (Wildman–Crippen LogP) is -1.95. The van der Waals surface area contributed by atoms with Crippen LogP contribution < -0.4 is 11.5 Å². The lowest BCUT2D eigenvalue weighted by Crippen LogP contribution is -2.35. The number of aliphatic carboxylic acids is 2. The third kappa shape index (κ3) is 21.3. The van der Waals surface area contributed by atoms with Gasteiger partial charge >= 0.3 is 30.1 Å². The molecular weight excluding hydrogens is 712 g/mol. The average Bonchev–Trinajstić information content (AvgIpc) is 3.71. The third-order valence-electron chi connectivity index (χ3n) is 5.19. The molecule has 0 aliphatic carbocycles. The van der Waals surface area contributed by atoms with E-state index < -0.39 is 41.9 Å². The highest BCUT2D eigenvalue weighted by molar-refractivity contribution is 7.47. The Kier molecular flexibility index (Phi) is 24.5. The molecule has 23 nitrogen and oxygen atoms in total. The quantitative estimate of drug-likeness (QED) is 0.0957. The number of ether oxygens (including phenoxy) is 3. The number of hydrogen-bond donors (Lipinski definition) is 4. The van der Waals surface area contributed by atoms with Crippen LogP contribution in [0.25, 0.3) is 0 Å². The molecule has 6 N–H and O–H groups in total. The Morgan fingerprint density at radius 1 is 0.706 bits per heavy atom. The Balaban J connectivity index is 0. The second-order valence-corrected chi connectivity index (χ2v) is 8.86. The van der Waals surface area contributed by atoms with E-state index in [4.69, 9.17) is 15.9 Å². The maximum atomic E-state index is 11.1. The van der Waals surface area contributed by atoms with Crippen molar-refractivity contribution < 1.29 is 82.0 Å². The summed E-state index contributed by atoms with van der Waals surface area (Å²) in [6, 6.07) is 0. The topological polar surface area (TPSA) is 339 Å². The Bertz CT molecular complexity index is 1370. The summed E-state index contributed by atoms with van der Waals surface area (Å²) in [5.74, 6) is -5.27. The van der Waals surface area contributed by atoms with Gasteiger partial charge in [0.1, 0.15) is 6.61 Å². The first-order chi connectivity index (χ1) is 24.0. The van der Waals surface area contributed by atoms with Crippen LogP contribution >= 0.6 is 0 Å². The molecule has 3 aliphatic heterocycles. The molecule has 0 aromatic carbocycles. The molecule has 24 heteroatoms. The molecule has 0 bridgehead atoms. The van der Waals surface area contributed by atoms with E-state index in [1.165, 1.54) is 31.4 Å². The van der Waals surface area contributed by atoms with Crippen molar-refractivity contribution in [3.63, 3.8) is 0 Å². The van der Waals surface area contributed by atoms with Gasteiger partial charge in [0.2, 0.25) is 0 Å². The number of rotatable bonds is 12. The summed E-state index contributed by atoms with van der Waals surface area (Å²) in [6.45, 7) is 0.0248. The van der Waals surface area contributed by atoms with Gasteiger partial charge in [-0.05, 0) is 17.4 Å². The number of hydrogen-bond acceptors (Lipinski definition) is 18. The van der Waals surface area contributed by atoms with Gasteiger partial charge in [0.25, 0.3) is 35.4 Å². The maximum absolute atomic E-state index is 11.1. The Morgan fingerprint density at radius 3 is 1.39 bits per heavy atom. The number of amides is 8. The summed E-state index contributed by atoms with van der Waals surface area (Å²) in [6.07, 6.45) is 5.75. The number of carboxylic acid groups (broad SMARTS) is 2. The molecule has 3 aliphatic rings. The molecule has 8 amide bonds. The standard InChI is InChI=1S/C8H8N2O4S.C8H9NO4.C6H5NO4.C3H7NO3.C2H5NO2/c11-6-3-4-7(12)10(6)5-1-2-8(13)14-9-15;10-6-3-4-7(11)9(6)5-1-2-8(12)13;1-11-6(10)7-4(8)2-3-5(7)9;4-2-7-1-3(5)6;1-5-2(3)4/h3-4H,1-2,5H2;3-4H,1-2,5H2,(H,12,13);2-3H,1H3;1-2,4H2,(H,5,6);1H3,(H2,3,4). The number of primary amides is 1. The molecule has 3 rings (SSSR count). The molecular formula is C27H34N6O17S. The van der Waals surface area contributed by atoms with Gasteiger partial charge < -0.3 is 40.7 Å². The monoisotopic (exact) mass is 746 g/mol. The molecule has 0 spiro atoms. The van der Waals surface area contributed by atoms with Gasteiger partial charge in [-0.15, -0.1) is 0 Å². The highest BCUT2D eigenvalue weighted by Crippen LogP contribution is 2.07. The smallest absolute Gasteiger partial charge is 0.423 e. The van der Waals surface area contributed by atoms with Gasteiger partial charge in [-0.1, -0.05) is 0 Å². The zero-order valence-electron chi connectivity index (χ0n) is 27.0. The number of nitrogens with zero attached hydrogens (tertiary/aromatic N) is 4. The van der Waals surface area contributed by atoms with Crippen LogP contribution in [0.4, 0.5) is 9.59 Å². The van der Waals surface area contributed by atoms with Crippen molar-refractivity contribution >= 4 is 78.0 Å². The first-order valence-electron chi connectivity index (χ1n) is 13.8. The molecule has 280 valence electrons. The van der Waals surface area contributed by atoms with Crippen molar-refractivity contribution in [2.75, 3.05) is 40.6 Å². The number of carboxylic acids is 2. The van der Waals surface area contributed by atoms with Crippen LogP contribution in [0.3, 0.4) is 0 Å². The van der Waals surface area contributed by atoms with Crippen LogP contribution in [0.15, 0.2) is 41.0 Å². The number of nitrogens with two attached hydrogens (primary N) is 2. The van der Waals surface area contributed by atoms with Gasteiger partial charge in [0.05, 0.1) is 33.4 Å². The summed E-state index contributed by atoms with van der Waals surface area (Å²) in [7, 11) is 2.32. The Morgan fingerprint density at radius 2 is 1.10 bits per heavy atom. The van der Waals surface area contributed by atoms with E-state index in [0.717, 1.165) is 29.1 Å². The molecule has 0 atom stereocenters. The lowest BCUT2D eigenvalue weighted by Gasteiger charge is -2.12. The summed E-state index contributed by atoms with van der Waals surface area (Å²) >= 11 is 4.08. The molecule has 0 unspecified atom stereocenters. The van der Waals surface area contributed by atoms with Crippen molar-refractivity contribution in [3.8, 4) is 0 Å². The van der Waals surface area contributed by atoms with Crippen LogP contribution in [0.5, 0.6) is 0 Å². The largest absolute Gasteiger partial charge is 0.481 e. The Hall–Kier alpha value is -6.27. The number of imide groups is 5. The SMILES string of the molecule is COC(=O)N1C(=O)C=CC1=O.COC(N)=O.NCOCC(=O)O.O=C(CCCN1C(=O)C=CC1=O)ON=S.O=C(O)CCCN1C(=O)C=CC1=O. The molecule has 0 saturated carbocycles. The normalized spacial score (nSPS) is 13.5. The summed E-state index contributed by atoms with van der Waals surface area (Å²) in [5, 5.41) is 16.2. The second kappa shape index (κ2) is 26.7. The van der Waals surface area contributed by atoms with Crippen molar-refractivity contribution in [1.82, 2.24) is 14.7 Å². The van der Waals surface area contributed by atoms with Crippen molar-refractivity contribution in [3.05, 3.63) is 36.5 Å². The van der Waals surface area contributed by atoms with Gasteiger partial charge in [-0.2, -0.15) is 4.90 Å². The predicted molar refractivity (Wildman–Crippen MR) is 166 cm³/mol. The molecule has 0 aromatic heterocycles. The first-order valence-corrected chi connectivity index (χ1v) is 14.1. The van der Waals surface area contributed by atoms with E-state index in [1.807, 2.05) is 0 Å². The maximum Gasteiger partial charge on any atom is 0.423 e. The lowest BCUT2D eigenvalue weighted by atomic mass is 10.3. The number of methoxy groups -OCH3 is 2. The van der Waals surface area contributed by atoms with E-state index in [0.29, 0.717) is 17.7 Å². The minimum atomic E-state index is -0.995. The van der Waals surface area contributed by atoms with Gasteiger partial charge in [-0.25, -0.2) is 19.2 Å². The highest BCUT2D eigenvalue weighted by atomic mass is 32.1. The summed E-state index contributed by atoms with van der Waals surface area (Å²) in [5.41, 5.74) is 9.22. The number of carbonyl (C=O) groups is 11. The van der Waals surface area contributed by atoms with Crippen molar-refractivity contribution in [2.24, 2.45) is 16.0 Å². The van der Waals surface area contributed by atoms with E-state index >= 15 is 0 Å². The van der Waals surface area contributed by atoms with E-state index in [1.54, 1.807) is 0 Å². The molecule has 0 fully saturated rings. The zero-order chi connectivity index (χ0) is 39.5. The van der Waals surface area contributed by atoms with Gasteiger partial charge in [0, 0.05) is 62.4 Å². The minimum Gasteiger partial charge on any atom is -0.481 e. The third-order valence-corrected chi connectivity index (χ3v) is 5.26. The fraction of sp³-hybridized carbons (Fsp3) is 0.370. The molecule has 51 heavy (non-hydrogen) atoms. The fourth-order valence-electron chi connectivity index (χ4n) is 2.98. The fourth-order valence-corrected chi connectivity index (χ4v) is 3.06. The highest BCUT2D eigenvalue weighted by Gasteiger charge is 2.30. The van der Waals surface area contributed by atoms with Crippen LogP contribution in [0.1, 0.15) is 25.7 Å². The van der Waals surface area contributed by atoms with Gasteiger partial charge in [-0.3, -0.25) is 43.4 Å². The van der Waals surface area contributed by atoms with Crippen LogP contribution in [0, 0.1) is 0 Å². The number of carbonyl (C=O) groups excluding carboxylic acids is 9. The van der Waals surface area contributed by atoms with Crippen molar-refractivity contribution in [2.45, 2.75) is 25.7 Å². The van der Waals surface area contributed by atoms with Crippen molar-refractivity contribution in [1.29, 1.82) is 0 Å². The van der Waals surface area contributed by atoms with E-state index in [-0.39, 0.29) is 62.9 Å². The average molecular weight is 747 g/mol. The van der Waals surface area contributed by atoms with Crippen LogP contribution in [-0.2, 0) is 74.6 Å². The van der Waals surface area contributed by atoms with E-state index in [2.05, 4.69) is 41.7 Å². The lowest BCUT2D eigenvalue weighted by molar-refractivity contribution is -0.144. The first kappa shape index (κ1) is 46.8.